The Hall–Kier alpha value is -2.93. The highest BCUT2D eigenvalue weighted by atomic mass is 32.2. The highest BCUT2D eigenvalue weighted by Gasteiger charge is 2.25. The van der Waals surface area contributed by atoms with Gasteiger partial charge in [0.25, 0.3) is 0 Å². The van der Waals surface area contributed by atoms with Gasteiger partial charge in [-0.1, -0.05) is 48.0 Å². The molecular weight excluding hydrogens is 396 g/mol. The Morgan fingerprint density at radius 1 is 1.03 bits per heavy atom. The lowest BCUT2D eigenvalue weighted by atomic mass is 9.90. The third-order valence-corrected chi connectivity index (χ3v) is 7.44. The molecule has 0 amide bonds. The molecule has 0 saturated carbocycles. The molecule has 0 unspecified atom stereocenters. The number of hydrogen-bond acceptors (Lipinski definition) is 6. The number of rotatable bonds is 5. The topological polar surface area (TPSA) is 89.2 Å². The predicted molar refractivity (Wildman–Crippen MR) is 118 cm³/mol. The van der Waals surface area contributed by atoms with Crippen molar-refractivity contribution in [3.05, 3.63) is 71.9 Å². The van der Waals surface area contributed by atoms with Crippen LogP contribution in [0.2, 0.25) is 0 Å². The summed E-state index contributed by atoms with van der Waals surface area (Å²) < 4.78 is 25.8. The molecule has 0 spiro atoms. The molecule has 1 aliphatic heterocycles. The average molecular weight is 423 g/mol. The zero-order valence-corrected chi connectivity index (χ0v) is 17.8. The van der Waals surface area contributed by atoms with Crippen molar-refractivity contribution in [2.75, 3.05) is 23.7 Å². The molecule has 1 aliphatic rings. The van der Waals surface area contributed by atoms with E-state index in [0.29, 0.717) is 11.9 Å². The first-order valence-electron chi connectivity index (χ1n) is 10.2. The second kappa shape index (κ2) is 8.44. The van der Waals surface area contributed by atoms with Gasteiger partial charge in [-0.15, -0.1) is 0 Å². The number of benzene rings is 2. The highest BCUT2D eigenvalue weighted by molar-refractivity contribution is 7.91. The number of nitrogens with zero attached hydrogens (tertiary/aromatic N) is 3. The van der Waals surface area contributed by atoms with Gasteiger partial charge in [0.2, 0.25) is 15.8 Å². The van der Waals surface area contributed by atoms with Gasteiger partial charge in [-0.3, -0.25) is 0 Å². The van der Waals surface area contributed by atoms with Crippen molar-refractivity contribution in [2.24, 2.45) is 5.92 Å². The minimum atomic E-state index is -3.75. The zero-order valence-electron chi connectivity index (χ0n) is 17.0. The summed E-state index contributed by atoms with van der Waals surface area (Å²) in [6.07, 6.45) is 4.50. The van der Waals surface area contributed by atoms with Crippen LogP contribution < -0.4 is 10.6 Å². The van der Waals surface area contributed by atoms with E-state index in [1.54, 1.807) is 24.3 Å². The number of piperidine rings is 1. The minimum absolute atomic E-state index is 0.00742. The summed E-state index contributed by atoms with van der Waals surface area (Å²) in [6, 6.07) is 17.2. The minimum Gasteiger partial charge on any atom is -0.382 e. The zero-order chi connectivity index (χ0) is 21.1. The van der Waals surface area contributed by atoms with Gasteiger partial charge in [-0.25, -0.2) is 13.4 Å². The largest absolute Gasteiger partial charge is 0.382 e. The van der Waals surface area contributed by atoms with Crippen molar-refractivity contribution in [1.29, 1.82) is 0 Å². The summed E-state index contributed by atoms with van der Waals surface area (Å²) in [5, 5.41) is 0. The van der Waals surface area contributed by atoms with Gasteiger partial charge in [-0.05, 0) is 49.8 Å². The fraction of sp³-hybridized carbons (Fsp3) is 0.304. The molecule has 0 atom stereocenters. The Labute approximate surface area is 177 Å². The first-order valence-corrected chi connectivity index (χ1v) is 11.6. The third kappa shape index (κ3) is 4.31. The van der Waals surface area contributed by atoms with Gasteiger partial charge in [-0.2, -0.15) is 4.98 Å². The van der Waals surface area contributed by atoms with Crippen molar-refractivity contribution in [2.45, 2.75) is 36.0 Å². The second-order valence-electron chi connectivity index (χ2n) is 7.86. The lowest BCUT2D eigenvalue weighted by Crippen LogP contribution is -2.35. The highest BCUT2D eigenvalue weighted by Crippen LogP contribution is 2.28. The van der Waals surface area contributed by atoms with Gasteiger partial charge < -0.3 is 10.6 Å². The fourth-order valence-electron chi connectivity index (χ4n) is 3.86. The van der Waals surface area contributed by atoms with Crippen LogP contribution in [0.4, 0.5) is 11.8 Å². The van der Waals surface area contributed by atoms with Crippen LogP contribution in [-0.2, 0) is 16.3 Å². The summed E-state index contributed by atoms with van der Waals surface area (Å²) in [5.41, 5.74) is 8.41. The molecule has 0 bridgehead atoms. The Morgan fingerprint density at radius 3 is 2.33 bits per heavy atom. The number of hydrogen-bond donors (Lipinski definition) is 1. The number of nitrogens with two attached hydrogens (primary N) is 1. The Kier molecular flexibility index (Phi) is 5.72. The smallest absolute Gasteiger partial charge is 0.227 e. The van der Waals surface area contributed by atoms with E-state index < -0.39 is 9.84 Å². The van der Waals surface area contributed by atoms with E-state index in [0.717, 1.165) is 37.9 Å². The van der Waals surface area contributed by atoms with Crippen molar-refractivity contribution >= 4 is 21.6 Å². The molecule has 2 N–H and O–H groups in total. The predicted octanol–water partition coefficient (Wildman–Crippen LogP) is 3.66. The van der Waals surface area contributed by atoms with E-state index >= 15 is 0 Å². The SMILES string of the molecule is Cc1ccc(S(=O)(=O)c2cnc(N3CCC(Cc4ccccc4)CC3)nc2N)cc1. The number of anilines is 2. The first-order chi connectivity index (χ1) is 14.4. The second-order valence-corrected chi connectivity index (χ2v) is 9.77. The number of aryl methyl sites for hydroxylation is 1. The molecule has 0 aliphatic carbocycles. The fourth-order valence-corrected chi connectivity index (χ4v) is 5.12. The van der Waals surface area contributed by atoms with E-state index in [4.69, 9.17) is 5.73 Å². The van der Waals surface area contributed by atoms with Crippen LogP contribution in [0.5, 0.6) is 0 Å². The Bertz CT molecular complexity index is 1110. The van der Waals surface area contributed by atoms with E-state index in [1.165, 1.54) is 11.8 Å². The van der Waals surface area contributed by atoms with Crippen LogP contribution in [-0.4, -0.2) is 31.5 Å². The summed E-state index contributed by atoms with van der Waals surface area (Å²) in [7, 11) is -3.75. The average Bonchev–Trinajstić information content (AvgIpc) is 2.75. The van der Waals surface area contributed by atoms with Crippen LogP contribution in [0.25, 0.3) is 0 Å². The standard InChI is InChI=1S/C23H26N4O2S/c1-17-7-9-20(10-8-17)30(28,29)21-16-25-23(26-22(21)24)27-13-11-19(12-14-27)15-18-5-3-2-4-6-18/h2-10,16,19H,11-15H2,1H3,(H2,24,25,26). The van der Waals surface area contributed by atoms with Crippen molar-refractivity contribution in [3.63, 3.8) is 0 Å². The van der Waals surface area contributed by atoms with Gasteiger partial charge in [0.1, 0.15) is 10.7 Å². The summed E-state index contributed by atoms with van der Waals surface area (Å²) in [5.74, 6) is 1.11. The van der Waals surface area contributed by atoms with Crippen molar-refractivity contribution in [3.8, 4) is 0 Å². The maximum absolute atomic E-state index is 12.9. The summed E-state index contributed by atoms with van der Waals surface area (Å²) in [6.45, 7) is 3.58. The Morgan fingerprint density at radius 2 is 1.70 bits per heavy atom. The van der Waals surface area contributed by atoms with E-state index in [9.17, 15) is 8.42 Å². The molecule has 6 nitrogen and oxygen atoms in total. The number of sulfone groups is 1. The molecule has 7 heteroatoms. The maximum atomic E-state index is 12.9. The molecule has 30 heavy (non-hydrogen) atoms. The maximum Gasteiger partial charge on any atom is 0.227 e. The van der Waals surface area contributed by atoms with E-state index in [1.807, 2.05) is 13.0 Å². The number of aromatic nitrogens is 2. The van der Waals surface area contributed by atoms with Crippen LogP contribution in [0.3, 0.4) is 0 Å². The summed E-state index contributed by atoms with van der Waals surface area (Å²) in [4.78, 5) is 10.9. The van der Waals surface area contributed by atoms with Gasteiger partial charge >= 0.3 is 0 Å². The molecule has 2 aromatic carbocycles. The molecule has 1 aromatic heterocycles. The molecule has 0 radical (unpaired) electrons. The van der Waals surface area contributed by atoms with E-state index in [2.05, 4.69) is 39.1 Å². The molecule has 1 fully saturated rings. The first kappa shape index (κ1) is 20.3. The van der Waals surface area contributed by atoms with Crippen LogP contribution >= 0.6 is 0 Å². The van der Waals surface area contributed by atoms with E-state index in [-0.39, 0.29) is 15.6 Å². The summed E-state index contributed by atoms with van der Waals surface area (Å²) >= 11 is 0. The molecule has 156 valence electrons. The monoisotopic (exact) mass is 422 g/mol. The molecular formula is C23H26N4O2S. The molecule has 3 aromatic rings. The van der Waals surface area contributed by atoms with Gasteiger partial charge in [0.05, 0.1) is 11.1 Å². The normalized spacial score (nSPS) is 15.3. The lowest BCUT2D eigenvalue weighted by molar-refractivity contribution is 0.400. The van der Waals surface area contributed by atoms with Crippen molar-refractivity contribution < 1.29 is 8.42 Å². The van der Waals surface area contributed by atoms with Crippen LogP contribution in [0.15, 0.2) is 70.6 Å². The molecule has 2 heterocycles. The molecule has 4 rings (SSSR count). The van der Waals surface area contributed by atoms with Crippen LogP contribution in [0.1, 0.15) is 24.0 Å². The quantitative estimate of drug-likeness (QED) is 0.675. The Balaban J connectivity index is 1.45. The lowest BCUT2D eigenvalue weighted by Gasteiger charge is -2.32. The molecule has 1 saturated heterocycles. The van der Waals surface area contributed by atoms with Crippen molar-refractivity contribution in [1.82, 2.24) is 9.97 Å². The number of nitrogen functional groups attached to an aromatic ring is 1. The third-order valence-electron chi connectivity index (χ3n) is 5.66. The van der Waals surface area contributed by atoms with Crippen LogP contribution in [0, 0.1) is 12.8 Å². The van der Waals surface area contributed by atoms with Gasteiger partial charge in [0.15, 0.2) is 0 Å². The van der Waals surface area contributed by atoms with Gasteiger partial charge in [0, 0.05) is 13.1 Å².